The molecule has 4 rings (SSSR count). The molecule has 2 heterocycles. The molecule has 30 heavy (non-hydrogen) atoms. The Morgan fingerprint density at radius 3 is 2.60 bits per heavy atom. The van der Waals surface area contributed by atoms with Crippen LogP contribution in [0.3, 0.4) is 0 Å². The largest absolute Gasteiger partial charge is 0.497 e. The van der Waals surface area contributed by atoms with E-state index < -0.39 is 15.1 Å². The maximum atomic E-state index is 13.1. The molecule has 1 saturated heterocycles. The molecular weight excluding hydrogens is 463 g/mol. The van der Waals surface area contributed by atoms with Gasteiger partial charge in [0.2, 0.25) is 0 Å². The third kappa shape index (κ3) is 4.17. The van der Waals surface area contributed by atoms with E-state index in [0.717, 1.165) is 22.1 Å². The van der Waals surface area contributed by atoms with E-state index in [0.29, 0.717) is 25.9 Å². The maximum Gasteiger partial charge on any atom is 0.185 e. The zero-order chi connectivity index (χ0) is 21.3. The van der Waals surface area contributed by atoms with Crippen molar-refractivity contribution < 1.29 is 13.2 Å². The van der Waals surface area contributed by atoms with E-state index in [9.17, 15) is 8.42 Å². The summed E-state index contributed by atoms with van der Waals surface area (Å²) >= 11 is 13.7. The number of anilines is 1. The van der Waals surface area contributed by atoms with Gasteiger partial charge in [-0.25, -0.2) is 13.4 Å². The molecule has 0 atom stereocenters. The van der Waals surface area contributed by atoms with Gasteiger partial charge in [-0.1, -0.05) is 41.4 Å². The number of piperidine rings is 1. The minimum atomic E-state index is -3.54. The fourth-order valence-electron chi connectivity index (χ4n) is 3.57. The molecule has 1 fully saturated rings. The summed E-state index contributed by atoms with van der Waals surface area (Å²) in [5.41, 5.74) is 1.87. The van der Waals surface area contributed by atoms with Crippen molar-refractivity contribution in [2.24, 2.45) is 0 Å². The second kappa shape index (κ2) is 8.75. The summed E-state index contributed by atoms with van der Waals surface area (Å²) in [4.78, 5) is 7.01. The van der Waals surface area contributed by atoms with Gasteiger partial charge in [-0.05, 0) is 37.1 Å². The van der Waals surface area contributed by atoms with Crippen molar-refractivity contribution in [1.82, 2.24) is 4.98 Å². The number of hydrogen-bond donors (Lipinski definition) is 0. The first-order valence-corrected chi connectivity index (χ1v) is 12.6. The normalized spacial score (nSPS) is 15.4. The third-order valence-corrected chi connectivity index (χ3v) is 9.37. The van der Waals surface area contributed by atoms with E-state index >= 15 is 0 Å². The molecular formula is C21H20Cl2N2O3S2. The van der Waals surface area contributed by atoms with Crippen LogP contribution in [0.15, 0.2) is 52.7 Å². The lowest BCUT2D eigenvalue weighted by molar-refractivity contribution is 0.415. The van der Waals surface area contributed by atoms with Gasteiger partial charge in [0.1, 0.15) is 5.75 Å². The highest BCUT2D eigenvalue weighted by atomic mass is 35.5. The predicted octanol–water partition coefficient (Wildman–Crippen LogP) is 5.57. The number of hydrogen-bond acceptors (Lipinski definition) is 6. The fourth-order valence-corrected chi connectivity index (χ4v) is 6.95. The molecule has 5 nitrogen and oxygen atoms in total. The lowest BCUT2D eigenvalue weighted by Crippen LogP contribution is -2.39. The second-order valence-electron chi connectivity index (χ2n) is 7.03. The van der Waals surface area contributed by atoms with Crippen molar-refractivity contribution in [3.63, 3.8) is 0 Å². The van der Waals surface area contributed by atoms with E-state index in [-0.39, 0.29) is 14.9 Å². The van der Waals surface area contributed by atoms with Crippen LogP contribution in [0.2, 0.25) is 10.0 Å². The van der Waals surface area contributed by atoms with Crippen LogP contribution >= 0.6 is 34.5 Å². The van der Waals surface area contributed by atoms with Crippen LogP contribution in [0.1, 0.15) is 12.8 Å². The Labute approximate surface area is 190 Å². The van der Waals surface area contributed by atoms with Gasteiger partial charge in [-0.15, -0.1) is 11.3 Å². The summed E-state index contributed by atoms with van der Waals surface area (Å²) in [6, 6.07) is 12.5. The number of benzene rings is 2. The fraction of sp³-hybridized carbons (Fsp3) is 0.286. The molecule has 2 aromatic carbocycles. The summed E-state index contributed by atoms with van der Waals surface area (Å²) in [6.45, 7) is 1.24. The SMILES string of the molecule is COc1cccc(-c2csc(N3CCC(S(=O)(=O)c4cccc(Cl)c4Cl)CC3)n2)c1. The average molecular weight is 483 g/mol. The minimum absolute atomic E-state index is 0.101. The molecule has 0 amide bonds. The average Bonchev–Trinajstić information content (AvgIpc) is 3.26. The number of methoxy groups -OCH3 is 1. The Morgan fingerprint density at radius 1 is 1.13 bits per heavy atom. The van der Waals surface area contributed by atoms with E-state index in [2.05, 4.69) is 4.90 Å². The van der Waals surface area contributed by atoms with Crippen LogP contribution in [0, 0.1) is 0 Å². The number of aromatic nitrogens is 1. The molecule has 0 radical (unpaired) electrons. The van der Waals surface area contributed by atoms with Crippen LogP contribution in [0.25, 0.3) is 11.3 Å². The molecule has 1 aliphatic heterocycles. The topological polar surface area (TPSA) is 59.5 Å². The summed E-state index contributed by atoms with van der Waals surface area (Å²) in [5, 5.41) is 2.78. The first-order chi connectivity index (χ1) is 14.4. The van der Waals surface area contributed by atoms with E-state index in [1.54, 1.807) is 30.6 Å². The van der Waals surface area contributed by atoms with Crippen LogP contribution in [0.5, 0.6) is 5.75 Å². The first-order valence-electron chi connectivity index (χ1n) is 9.43. The molecule has 9 heteroatoms. The summed E-state index contributed by atoms with van der Waals surface area (Å²) < 4.78 is 31.4. The highest BCUT2D eigenvalue weighted by Gasteiger charge is 2.33. The molecule has 0 unspecified atom stereocenters. The van der Waals surface area contributed by atoms with E-state index in [4.69, 9.17) is 32.9 Å². The zero-order valence-corrected chi connectivity index (χ0v) is 19.4. The van der Waals surface area contributed by atoms with Crippen molar-refractivity contribution in [1.29, 1.82) is 0 Å². The van der Waals surface area contributed by atoms with Crippen LogP contribution in [0.4, 0.5) is 5.13 Å². The van der Waals surface area contributed by atoms with Crippen LogP contribution in [-0.2, 0) is 9.84 Å². The predicted molar refractivity (Wildman–Crippen MR) is 123 cm³/mol. The Balaban J connectivity index is 1.47. The van der Waals surface area contributed by atoms with Gasteiger partial charge in [-0.2, -0.15) is 0 Å². The maximum absolute atomic E-state index is 13.1. The molecule has 0 aliphatic carbocycles. The molecule has 0 saturated carbocycles. The number of rotatable bonds is 5. The molecule has 3 aromatic rings. The Bertz CT molecular complexity index is 1160. The number of nitrogens with zero attached hydrogens (tertiary/aromatic N) is 2. The van der Waals surface area contributed by atoms with Crippen molar-refractivity contribution in [2.75, 3.05) is 25.1 Å². The van der Waals surface area contributed by atoms with E-state index in [1.807, 2.05) is 29.6 Å². The van der Waals surface area contributed by atoms with Crippen molar-refractivity contribution in [3.05, 3.63) is 57.9 Å². The Kier molecular flexibility index (Phi) is 6.25. The Hall–Kier alpha value is -1.80. The summed E-state index contributed by atoms with van der Waals surface area (Å²) in [5.74, 6) is 0.785. The zero-order valence-electron chi connectivity index (χ0n) is 16.2. The van der Waals surface area contributed by atoms with Gasteiger partial charge in [-0.3, -0.25) is 0 Å². The van der Waals surface area contributed by atoms with Gasteiger partial charge in [0.25, 0.3) is 0 Å². The van der Waals surface area contributed by atoms with Gasteiger partial charge in [0.15, 0.2) is 15.0 Å². The van der Waals surface area contributed by atoms with Gasteiger partial charge >= 0.3 is 0 Å². The molecule has 1 aromatic heterocycles. The summed E-state index contributed by atoms with van der Waals surface area (Å²) in [6.07, 6.45) is 1.03. The van der Waals surface area contributed by atoms with Crippen molar-refractivity contribution in [2.45, 2.75) is 23.0 Å². The summed E-state index contributed by atoms with van der Waals surface area (Å²) in [7, 11) is -1.90. The van der Waals surface area contributed by atoms with Gasteiger partial charge in [0, 0.05) is 24.0 Å². The smallest absolute Gasteiger partial charge is 0.185 e. The Morgan fingerprint density at radius 2 is 1.87 bits per heavy atom. The number of sulfone groups is 1. The molecule has 158 valence electrons. The van der Waals surface area contributed by atoms with Crippen LogP contribution in [-0.4, -0.2) is 38.9 Å². The monoisotopic (exact) mass is 482 g/mol. The molecule has 0 bridgehead atoms. The molecule has 0 spiro atoms. The minimum Gasteiger partial charge on any atom is -0.497 e. The van der Waals surface area contributed by atoms with Crippen molar-refractivity contribution >= 4 is 49.5 Å². The lowest BCUT2D eigenvalue weighted by atomic mass is 10.1. The number of halogens is 2. The van der Waals surface area contributed by atoms with Crippen molar-refractivity contribution in [3.8, 4) is 17.0 Å². The molecule has 0 N–H and O–H groups in total. The highest BCUT2D eigenvalue weighted by molar-refractivity contribution is 7.92. The quantitative estimate of drug-likeness (QED) is 0.475. The van der Waals surface area contributed by atoms with Crippen LogP contribution < -0.4 is 9.64 Å². The van der Waals surface area contributed by atoms with Gasteiger partial charge in [0.05, 0.1) is 33.0 Å². The lowest BCUT2D eigenvalue weighted by Gasteiger charge is -2.31. The van der Waals surface area contributed by atoms with E-state index in [1.165, 1.54) is 6.07 Å². The standard InChI is InChI=1S/C21H20Cl2N2O3S2/c1-28-15-5-2-4-14(12-15)18-13-29-21(24-18)25-10-8-16(9-11-25)30(26,27)19-7-3-6-17(22)20(19)23/h2-7,12-13,16H,8-11H2,1H3. The second-order valence-corrected chi connectivity index (χ2v) is 10.8. The third-order valence-electron chi connectivity index (χ3n) is 5.23. The number of thiazole rings is 1. The van der Waals surface area contributed by atoms with Gasteiger partial charge < -0.3 is 9.64 Å². The highest BCUT2D eigenvalue weighted by Crippen LogP contribution is 2.35. The number of ether oxygens (including phenoxy) is 1. The first kappa shape index (κ1) is 21.4. The molecule has 1 aliphatic rings.